The Kier molecular flexibility index (Phi) is 4.74. The van der Waals surface area contributed by atoms with Crippen LogP contribution in [-0.2, 0) is 6.42 Å². The summed E-state index contributed by atoms with van der Waals surface area (Å²) in [6.07, 6.45) is 0.978. The largest absolute Gasteiger partial charge is 0.369 e. The summed E-state index contributed by atoms with van der Waals surface area (Å²) in [4.78, 5) is 4.98. The maximum atomic E-state index is 13.0. The highest BCUT2D eigenvalue weighted by Gasteiger charge is 2.21. The van der Waals surface area contributed by atoms with E-state index in [9.17, 15) is 4.39 Å². The number of benzene rings is 2. The number of halogens is 1. The molecule has 0 amide bonds. The third kappa shape index (κ3) is 3.66. The average molecular weight is 298 g/mol. The SMILES string of the molecule is C[C@H](Cc1ccc(F)cc1)N1CCN(c2ccccc2)CC1. The molecule has 2 aromatic carbocycles. The average Bonchev–Trinajstić information content (AvgIpc) is 2.58. The van der Waals surface area contributed by atoms with Gasteiger partial charge in [0.15, 0.2) is 0 Å². The molecule has 1 heterocycles. The maximum absolute atomic E-state index is 13.0. The predicted octanol–water partition coefficient (Wildman–Crippen LogP) is 3.58. The number of nitrogens with zero attached hydrogens (tertiary/aromatic N) is 2. The Bertz CT molecular complexity index is 574. The maximum Gasteiger partial charge on any atom is 0.123 e. The zero-order chi connectivity index (χ0) is 15.4. The Morgan fingerprint density at radius 3 is 2.18 bits per heavy atom. The molecular formula is C19H23FN2. The van der Waals surface area contributed by atoms with Crippen LogP contribution in [0.2, 0.25) is 0 Å². The molecule has 1 aliphatic rings. The number of piperazine rings is 1. The van der Waals surface area contributed by atoms with E-state index in [-0.39, 0.29) is 5.82 Å². The van der Waals surface area contributed by atoms with Gasteiger partial charge in [-0.15, -0.1) is 0 Å². The molecule has 2 aromatic rings. The zero-order valence-corrected chi connectivity index (χ0v) is 13.1. The summed E-state index contributed by atoms with van der Waals surface area (Å²) in [5, 5.41) is 0. The zero-order valence-electron chi connectivity index (χ0n) is 13.1. The number of rotatable bonds is 4. The number of anilines is 1. The molecule has 1 aliphatic heterocycles. The Labute approximate surface area is 132 Å². The van der Waals surface area contributed by atoms with Crippen molar-refractivity contribution in [3.05, 3.63) is 66.0 Å². The molecular weight excluding hydrogens is 275 g/mol. The molecule has 0 radical (unpaired) electrons. The van der Waals surface area contributed by atoms with Crippen LogP contribution in [-0.4, -0.2) is 37.1 Å². The van der Waals surface area contributed by atoms with Crippen LogP contribution >= 0.6 is 0 Å². The second-order valence-corrected chi connectivity index (χ2v) is 6.04. The van der Waals surface area contributed by atoms with Gasteiger partial charge in [-0.2, -0.15) is 0 Å². The first-order valence-corrected chi connectivity index (χ1v) is 8.01. The van der Waals surface area contributed by atoms with Crippen molar-refractivity contribution >= 4 is 5.69 Å². The minimum Gasteiger partial charge on any atom is -0.369 e. The molecule has 0 bridgehead atoms. The van der Waals surface area contributed by atoms with Crippen LogP contribution in [0.3, 0.4) is 0 Å². The summed E-state index contributed by atoms with van der Waals surface area (Å²) in [7, 11) is 0. The Morgan fingerprint density at radius 1 is 0.909 bits per heavy atom. The molecule has 0 aliphatic carbocycles. The highest BCUT2D eigenvalue weighted by atomic mass is 19.1. The molecule has 3 heteroatoms. The van der Waals surface area contributed by atoms with Gasteiger partial charge in [0.25, 0.3) is 0 Å². The third-order valence-electron chi connectivity index (χ3n) is 4.50. The van der Waals surface area contributed by atoms with E-state index in [4.69, 9.17) is 0 Å². The highest BCUT2D eigenvalue weighted by molar-refractivity contribution is 5.46. The summed E-state index contributed by atoms with van der Waals surface area (Å²) >= 11 is 0. The second kappa shape index (κ2) is 6.93. The molecule has 0 unspecified atom stereocenters. The minimum atomic E-state index is -0.159. The fourth-order valence-corrected chi connectivity index (χ4v) is 3.15. The van der Waals surface area contributed by atoms with Gasteiger partial charge in [0.2, 0.25) is 0 Å². The van der Waals surface area contributed by atoms with Crippen LogP contribution in [0.15, 0.2) is 54.6 Å². The highest BCUT2D eigenvalue weighted by Crippen LogP contribution is 2.18. The number of para-hydroxylation sites is 1. The fourth-order valence-electron chi connectivity index (χ4n) is 3.15. The van der Waals surface area contributed by atoms with Crippen molar-refractivity contribution in [2.75, 3.05) is 31.1 Å². The molecule has 0 aromatic heterocycles. The lowest BCUT2D eigenvalue weighted by atomic mass is 10.1. The molecule has 1 atom stereocenters. The Morgan fingerprint density at radius 2 is 1.55 bits per heavy atom. The fraction of sp³-hybridized carbons (Fsp3) is 0.368. The molecule has 1 fully saturated rings. The quantitative estimate of drug-likeness (QED) is 0.851. The van der Waals surface area contributed by atoms with E-state index in [0.717, 1.165) is 32.6 Å². The van der Waals surface area contributed by atoms with Gasteiger partial charge in [-0.3, -0.25) is 4.90 Å². The molecule has 2 nitrogen and oxygen atoms in total. The van der Waals surface area contributed by atoms with Crippen LogP contribution in [0.25, 0.3) is 0 Å². The van der Waals surface area contributed by atoms with E-state index in [1.54, 1.807) is 12.1 Å². The topological polar surface area (TPSA) is 6.48 Å². The van der Waals surface area contributed by atoms with Crippen molar-refractivity contribution in [1.82, 2.24) is 4.90 Å². The molecule has 0 spiro atoms. The van der Waals surface area contributed by atoms with Gasteiger partial charge >= 0.3 is 0 Å². The lowest BCUT2D eigenvalue weighted by molar-refractivity contribution is 0.196. The molecule has 0 saturated carbocycles. The monoisotopic (exact) mass is 298 g/mol. The summed E-state index contributed by atoms with van der Waals surface area (Å²) in [6, 6.07) is 18.0. The van der Waals surface area contributed by atoms with Crippen LogP contribution < -0.4 is 4.90 Å². The first-order chi connectivity index (χ1) is 10.7. The standard InChI is InChI=1S/C19H23FN2/c1-16(15-17-7-9-18(20)10-8-17)21-11-13-22(14-12-21)19-5-3-2-4-6-19/h2-10,16H,11-15H2,1H3/t16-/m1/s1. The van der Waals surface area contributed by atoms with E-state index < -0.39 is 0 Å². The molecule has 22 heavy (non-hydrogen) atoms. The predicted molar refractivity (Wildman–Crippen MR) is 89.8 cm³/mol. The van der Waals surface area contributed by atoms with Crippen molar-refractivity contribution in [3.63, 3.8) is 0 Å². The van der Waals surface area contributed by atoms with Gasteiger partial charge in [-0.25, -0.2) is 4.39 Å². The lowest BCUT2D eigenvalue weighted by Crippen LogP contribution is -2.50. The Balaban J connectivity index is 1.53. The molecule has 116 valence electrons. The van der Waals surface area contributed by atoms with E-state index >= 15 is 0 Å². The van der Waals surface area contributed by atoms with Crippen molar-refractivity contribution in [3.8, 4) is 0 Å². The van der Waals surface area contributed by atoms with Crippen molar-refractivity contribution in [1.29, 1.82) is 0 Å². The van der Waals surface area contributed by atoms with E-state index in [1.807, 2.05) is 12.1 Å². The van der Waals surface area contributed by atoms with Crippen LogP contribution in [0.5, 0.6) is 0 Å². The Hall–Kier alpha value is -1.87. The molecule has 0 N–H and O–H groups in total. The van der Waals surface area contributed by atoms with Gasteiger partial charge in [0.05, 0.1) is 0 Å². The third-order valence-corrected chi connectivity index (χ3v) is 4.50. The van der Waals surface area contributed by atoms with E-state index in [1.165, 1.54) is 11.3 Å². The van der Waals surface area contributed by atoms with Crippen molar-refractivity contribution in [2.45, 2.75) is 19.4 Å². The van der Waals surface area contributed by atoms with Crippen molar-refractivity contribution < 1.29 is 4.39 Å². The van der Waals surface area contributed by atoms with Crippen LogP contribution in [0.1, 0.15) is 12.5 Å². The van der Waals surface area contributed by atoms with Gasteiger partial charge in [-0.1, -0.05) is 30.3 Å². The van der Waals surface area contributed by atoms with Gasteiger partial charge < -0.3 is 4.90 Å². The summed E-state index contributed by atoms with van der Waals surface area (Å²) in [5.74, 6) is -0.159. The minimum absolute atomic E-state index is 0.159. The first kappa shape index (κ1) is 15.0. The van der Waals surface area contributed by atoms with Crippen LogP contribution in [0, 0.1) is 5.82 Å². The first-order valence-electron chi connectivity index (χ1n) is 8.01. The molecule has 3 rings (SSSR count). The lowest BCUT2D eigenvalue weighted by Gasteiger charge is -2.39. The van der Waals surface area contributed by atoms with Gasteiger partial charge in [0.1, 0.15) is 5.82 Å². The van der Waals surface area contributed by atoms with Crippen LogP contribution in [0.4, 0.5) is 10.1 Å². The number of hydrogen-bond donors (Lipinski definition) is 0. The summed E-state index contributed by atoms with van der Waals surface area (Å²) < 4.78 is 13.0. The van der Waals surface area contributed by atoms with E-state index in [0.29, 0.717) is 6.04 Å². The smallest absolute Gasteiger partial charge is 0.123 e. The summed E-state index contributed by atoms with van der Waals surface area (Å²) in [5.41, 5.74) is 2.52. The molecule has 1 saturated heterocycles. The van der Waals surface area contributed by atoms with Gasteiger partial charge in [0, 0.05) is 37.9 Å². The summed E-state index contributed by atoms with van der Waals surface area (Å²) in [6.45, 7) is 6.56. The number of hydrogen-bond acceptors (Lipinski definition) is 2. The normalized spacial score (nSPS) is 17.5. The second-order valence-electron chi connectivity index (χ2n) is 6.04. The van der Waals surface area contributed by atoms with E-state index in [2.05, 4.69) is 47.1 Å². The van der Waals surface area contributed by atoms with Gasteiger partial charge in [-0.05, 0) is 43.2 Å². The van der Waals surface area contributed by atoms with Crippen molar-refractivity contribution in [2.24, 2.45) is 0 Å².